The quantitative estimate of drug-likeness (QED) is 0.803. The number of carbonyl (C=O) groups excluding carboxylic acids is 1. The molecule has 0 fully saturated rings. The van der Waals surface area contributed by atoms with Crippen molar-refractivity contribution in [1.29, 1.82) is 0 Å². The molecule has 0 atom stereocenters. The Bertz CT molecular complexity index is 770. The molecule has 0 saturated heterocycles. The second-order valence-electron chi connectivity index (χ2n) is 5.15. The van der Waals surface area contributed by atoms with E-state index in [9.17, 15) is 4.79 Å². The van der Waals surface area contributed by atoms with Gasteiger partial charge >= 0.3 is 0 Å². The van der Waals surface area contributed by atoms with Crippen molar-refractivity contribution in [2.45, 2.75) is 26.8 Å². The smallest absolute Gasteiger partial charge is 0.277 e. The second-order valence-corrected chi connectivity index (χ2v) is 6.18. The number of carbonyl (C=O) groups is 1. The molecule has 0 aliphatic heterocycles. The maximum Gasteiger partial charge on any atom is 0.277 e. The van der Waals surface area contributed by atoms with E-state index in [4.69, 9.17) is 0 Å². The van der Waals surface area contributed by atoms with Gasteiger partial charge in [0.25, 0.3) is 5.91 Å². The normalized spacial score (nSPS) is 11.2. The summed E-state index contributed by atoms with van der Waals surface area (Å²) in [6, 6.07) is 9.83. The predicted octanol–water partition coefficient (Wildman–Crippen LogP) is 3.63. The van der Waals surface area contributed by atoms with Gasteiger partial charge in [-0.05, 0) is 39.0 Å². The lowest BCUT2D eigenvalue weighted by atomic mass is 10.3. The number of nitrogens with zero attached hydrogens (tertiary/aromatic N) is 3. The lowest BCUT2D eigenvalue weighted by Gasteiger charge is -2.06. The Hall–Kier alpha value is -2.21. The molecule has 0 radical (unpaired) electrons. The standard InChI is InChI=1S/C15H16N4OS/c1-9(2)19-10(3)8-12(18-19)14(20)17-15-16-11-6-4-5-7-13(11)21-15/h4-9H,1-3H3,(H,16,17,20). The monoisotopic (exact) mass is 300 g/mol. The third-order valence-corrected chi connectivity index (χ3v) is 4.11. The molecule has 1 aromatic carbocycles. The highest BCUT2D eigenvalue weighted by molar-refractivity contribution is 7.22. The molecule has 5 nitrogen and oxygen atoms in total. The van der Waals surface area contributed by atoms with Crippen molar-refractivity contribution in [2.75, 3.05) is 5.32 Å². The van der Waals surface area contributed by atoms with Crippen molar-refractivity contribution < 1.29 is 4.79 Å². The van der Waals surface area contributed by atoms with Crippen LogP contribution in [0.15, 0.2) is 30.3 Å². The summed E-state index contributed by atoms with van der Waals surface area (Å²) in [5.74, 6) is -0.225. The van der Waals surface area contributed by atoms with E-state index in [1.54, 1.807) is 6.07 Å². The van der Waals surface area contributed by atoms with E-state index in [1.165, 1.54) is 11.3 Å². The minimum absolute atomic E-state index is 0.225. The van der Waals surface area contributed by atoms with E-state index < -0.39 is 0 Å². The zero-order chi connectivity index (χ0) is 15.0. The Labute approximate surface area is 126 Å². The third-order valence-electron chi connectivity index (χ3n) is 3.16. The molecule has 0 unspecified atom stereocenters. The van der Waals surface area contributed by atoms with E-state index >= 15 is 0 Å². The minimum atomic E-state index is -0.225. The Morgan fingerprint density at radius 1 is 1.33 bits per heavy atom. The van der Waals surface area contributed by atoms with Gasteiger partial charge in [-0.1, -0.05) is 23.5 Å². The molecule has 0 aliphatic carbocycles. The Kier molecular flexibility index (Phi) is 3.47. The van der Waals surface area contributed by atoms with Crippen LogP contribution in [0.3, 0.4) is 0 Å². The van der Waals surface area contributed by atoms with Gasteiger partial charge in [-0.15, -0.1) is 0 Å². The SMILES string of the molecule is Cc1cc(C(=O)Nc2nc3ccccc3s2)nn1C(C)C. The maximum atomic E-state index is 12.3. The van der Waals surface area contributed by atoms with Crippen molar-refractivity contribution in [2.24, 2.45) is 0 Å². The Morgan fingerprint density at radius 3 is 2.76 bits per heavy atom. The van der Waals surface area contributed by atoms with Crippen molar-refractivity contribution >= 4 is 32.6 Å². The molecule has 1 amide bonds. The summed E-state index contributed by atoms with van der Waals surface area (Å²) in [7, 11) is 0. The highest BCUT2D eigenvalue weighted by Crippen LogP contribution is 2.25. The van der Waals surface area contributed by atoms with E-state index in [0.717, 1.165) is 15.9 Å². The summed E-state index contributed by atoms with van der Waals surface area (Å²) in [5, 5.41) is 7.76. The summed E-state index contributed by atoms with van der Waals surface area (Å²) < 4.78 is 2.89. The van der Waals surface area contributed by atoms with Gasteiger partial charge in [-0.25, -0.2) is 4.98 Å². The third kappa shape index (κ3) is 2.67. The van der Waals surface area contributed by atoms with Crippen molar-refractivity contribution in [3.05, 3.63) is 41.7 Å². The number of hydrogen-bond acceptors (Lipinski definition) is 4. The fourth-order valence-electron chi connectivity index (χ4n) is 2.21. The molecule has 0 saturated carbocycles. The molecule has 2 heterocycles. The van der Waals surface area contributed by atoms with Gasteiger partial charge in [0.15, 0.2) is 10.8 Å². The summed E-state index contributed by atoms with van der Waals surface area (Å²) in [4.78, 5) is 16.7. The number of fused-ring (bicyclic) bond motifs is 1. The van der Waals surface area contributed by atoms with Gasteiger partial charge < -0.3 is 0 Å². The van der Waals surface area contributed by atoms with Crippen LogP contribution in [0, 0.1) is 6.92 Å². The number of anilines is 1. The second kappa shape index (κ2) is 5.29. The van der Waals surface area contributed by atoms with E-state index in [0.29, 0.717) is 10.8 Å². The first-order valence-corrected chi connectivity index (χ1v) is 7.59. The first-order chi connectivity index (χ1) is 10.0. The molecule has 1 N–H and O–H groups in total. The zero-order valence-electron chi connectivity index (χ0n) is 12.1. The van der Waals surface area contributed by atoms with Crippen LogP contribution < -0.4 is 5.32 Å². The van der Waals surface area contributed by atoms with Gasteiger partial charge in [-0.3, -0.25) is 14.8 Å². The number of nitrogens with one attached hydrogen (secondary N) is 1. The molecule has 21 heavy (non-hydrogen) atoms. The van der Waals surface area contributed by atoms with Crippen molar-refractivity contribution in [3.63, 3.8) is 0 Å². The van der Waals surface area contributed by atoms with E-state index in [-0.39, 0.29) is 11.9 Å². The van der Waals surface area contributed by atoms with Crippen LogP contribution in [-0.4, -0.2) is 20.7 Å². The lowest BCUT2D eigenvalue weighted by molar-refractivity contribution is 0.102. The number of aromatic nitrogens is 3. The van der Waals surface area contributed by atoms with Gasteiger partial charge in [0, 0.05) is 11.7 Å². The molecule has 6 heteroatoms. The average Bonchev–Trinajstić information content (AvgIpc) is 3.01. The van der Waals surface area contributed by atoms with Crippen molar-refractivity contribution in [1.82, 2.24) is 14.8 Å². The summed E-state index contributed by atoms with van der Waals surface area (Å²) >= 11 is 1.46. The number of thiazole rings is 1. The molecule has 108 valence electrons. The largest absolute Gasteiger partial charge is 0.296 e. The van der Waals surface area contributed by atoms with Crippen LogP contribution in [0.5, 0.6) is 0 Å². The fraction of sp³-hybridized carbons (Fsp3) is 0.267. The lowest BCUT2D eigenvalue weighted by Crippen LogP contribution is -2.13. The summed E-state index contributed by atoms with van der Waals surface area (Å²) in [6.07, 6.45) is 0. The van der Waals surface area contributed by atoms with Gasteiger partial charge in [-0.2, -0.15) is 5.10 Å². The number of para-hydroxylation sites is 1. The number of hydrogen-bond donors (Lipinski definition) is 1. The highest BCUT2D eigenvalue weighted by atomic mass is 32.1. The van der Waals surface area contributed by atoms with Gasteiger partial charge in [0.2, 0.25) is 0 Å². The van der Waals surface area contributed by atoms with Crippen LogP contribution in [0.25, 0.3) is 10.2 Å². The molecule has 0 aliphatic rings. The number of amides is 1. The summed E-state index contributed by atoms with van der Waals surface area (Å²) in [6.45, 7) is 6.02. The zero-order valence-corrected chi connectivity index (χ0v) is 12.9. The predicted molar refractivity (Wildman–Crippen MR) is 84.9 cm³/mol. The average molecular weight is 300 g/mol. The number of aryl methyl sites for hydroxylation is 1. The molecule has 0 spiro atoms. The number of rotatable bonds is 3. The van der Waals surface area contributed by atoms with Crippen LogP contribution in [0.2, 0.25) is 0 Å². The first kappa shape index (κ1) is 13.8. The van der Waals surface area contributed by atoms with Crippen LogP contribution in [0.1, 0.15) is 36.1 Å². The van der Waals surface area contributed by atoms with Crippen LogP contribution >= 0.6 is 11.3 Å². The Balaban J connectivity index is 1.84. The number of benzene rings is 1. The minimum Gasteiger partial charge on any atom is -0.296 e. The summed E-state index contributed by atoms with van der Waals surface area (Å²) in [5.41, 5.74) is 2.28. The molecule has 0 bridgehead atoms. The van der Waals surface area contributed by atoms with Crippen LogP contribution in [0.4, 0.5) is 5.13 Å². The van der Waals surface area contributed by atoms with E-state index in [2.05, 4.69) is 15.4 Å². The van der Waals surface area contributed by atoms with Gasteiger partial charge in [0.05, 0.1) is 10.2 Å². The molecular weight excluding hydrogens is 284 g/mol. The van der Waals surface area contributed by atoms with Crippen LogP contribution in [-0.2, 0) is 0 Å². The van der Waals surface area contributed by atoms with E-state index in [1.807, 2.05) is 49.7 Å². The molecule has 3 rings (SSSR count). The van der Waals surface area contributed by atoms with Crippen molar-refractivity contribution in [3.8, 4) is 0 Å². The first-order valence-electron chi connectivity index (χ1n) is 6.77. The molecule has 3 aromatic rings. The maximum absolute atomic E-state index is 12.3. The van der Waals surface area contributed by atoms with Gasteiger partial charge in [0.1, 0.15) is 0 Å². The molecular formula is C15H16N4OS. The highest BCUT2D eigenvalue weighted by Gasteiger charge is 2.15. The Morgan fingerprint density at radius 2 is 2.10 bits per heavy atom. The molecule has 2 aromatic heterocycles. The topological polar surface area (TPSA) is 59.8 Å². The fourth-order valence-corrected chi connectivity index (χ4v) is 3.07.